The monoisotopic (exact) mass is 373 g/mol. The fraction of sp³-hybridized carbons (Fsp3) is 0.316. The van der Waals surface area contributed by atoms with E-state index in [2.05, 4.69) is 16.0 Å². The number of rotatable bonds is 9. The average molecular weight is 373 g/mol. The second-order valence-electron chi connectivity index (χ2n) is 5.85. The van der Waals surface area contributed by atoms with E-state index in [0.717, 1.165) is 19.3 Å². The minimum Gasteiger partial charge on any atom is -0.356 e. The van der Waals surface area contributed by atoms with Gasteiger partial charge in [-0.15, -0.1) is 11.3 Å². The second-order valence-corrected chi connectivity index (χ2v) is 6.80. The van der Waals surface area contributed by atoms with Gasteiger partial charge in [-0.1, -0.05) is 18.6 Å². The molecule has 138 valence electrons. The molecule has 1 heterocycles. The summed E-state index contributed by atoms with van der Waals surface area (Å²) in [7, 11) is 0. The van der Waals surface area contributed by atoms with Crippen LogP contribution in [0.15, 0.2) is 41.8 Å². The fourth-order valence-corrected chi connectivity index (χ4v) is 2.97. The molecule has 0 fully saturated rings. The molecule has 6 nitrogen and oxygen atoms in total. The van der Waals surface area contributed by atoms with Gasteiger partial charge in [-0.2, -0.15) is 0 Å². The summed E-state index contributed by atoms with van der Waals surface area (Å²) < 4.78 is 0. The number of amides is 3. The van der Waals surface area contributed by atoms with Crippen molar-refractivity contribution in [1.29, 1.82) is 0 Å². The van der Waals surface area contributed by atoms with Gasteiger partial charge in [0.15, 0.2) is 0 Å². The molecule has 0 aliphatic heterocycles. The molecule has 3 N–H and O–H groups in total. The molecule has 7 heteroatoms. The highest BCUT2D eigenvalue weighted by Gasteiger charge is 2.08. The van der Waals surface area contributed by atoms with Gasteiger partial charge in [-0.25, -0.2) is 0 Å². The minimum atomic E-state index is -0.164. The van der Waals surface area contributed by atoms with Crippen LogP contribution in [0.4, 0.5) is 11.4 Å². The van der Waals surface area contributed by atoms with Crippen molar-refractivity contribution in [1.82, 2.24) is 5.32 Å². The number of carbonyl (C=O) groups excluding carboxylic acids is 3. The summed E-state index contributed by atoms with van der Waals surface area (Å²) in [6, 6.07) is 10.7. The van der Waals surface area contributed by atoms with E-state index in [9.17, 15) is 14.4 Å². The molecule has 0 radical (unpaired) electrons. The molecule has 3 amide bonds. The summed E-state index contributed by atoms with van der Waals surface area (Å²) in [6.45, 7) is 2.13. The number of carbonyl (C=O) groups is 3. The highest BCUT2D eigenvalue weighted by Crippen LogP contribution is 2.18. The summed E-state index contributed by atoms with van der Waals surface area (Å²) in [5, 5.41) is 10.2. The first-order valence-corrected chi connectivity index (χ1v) is 9.42. The van der Waals surface area contributed by atoms with Gasteiger partial charge in [0.2, 0.25) is 11.8 Å². The predicted octanol–water partition coefficient (Wildman–Crippen LogP) is 3.64. The molecule has 0 bridgehead atoms. The fourth-order valence-electron chi connectivity index (χ4n) is 2.35. The zero-order valence-electron chi connectivity index (χ0n) is 14.7. The largest absolute Gasteiger partial charge is 0.356 e. The standard InChI is InChI=1S/C19H23N3O3S/c1-14(23)20-11-4-2-3-10-18(24)21-15-7-5-8-16(13-15)22-19(25)17-9-6-12-26-17/h5-9,12-13H,2-4,10-11H2,1H3,(H,20,23)(H,21,24)(H,22,25). The Kier molecular flexibility index (Phi) is 7.82. The molecule has 0 aliphatic rings. The Morgan fingerprint density at radius 1 is 0.962 bits per heavy atom. The van der Waals surface area contributed by atoms with Crippen LogP contribution in [0.1, 0.15) is 42.3 Å². The van der Waals surface area contributed by atoms with Crippen LogP contribution in [0, 0.1) is 0 Å². The summed E-state index contributed by atoms with van der Waals surface area (Å²) >= 11 is 1.38. The molecular formula is C19H23N3O3S. The van der Waals surface area contributed by atoms with Crippen LogP contribution in [0.2, 0.25) is 0 Å². The first kappa shape index (κ1) is 19.7. The third-order valence-electron chi connectivity index (χ3n) is 3.60. The molecule has 1 aromatic carbocycles. The van der Waals surface area contributed by atoms with Gasteiger partial charge in [0, 0.05) is 31.3 Å². The Hall–Kier alpha value is -2.67. The zero-order valence-corrected chi connectivity index (χ0v) is 15.5. The van der Waals surface area contributed by atoms with Gasteiger partial charge in [0.25, 0.3) is 5.91 Å². The highest BCUT2D eigenvalue weighted by molar-refractivity contribution is 7.12. The van der Waals surface area contributed by atoms with Gasteiger partial charge in [0.1, 0.15) is 0 Å². The smallest absolute Gasteiger partial charge is 0.265 e. The molecule has 1 aromatic heterocycles. The van der Waals surface area contributed by atoms with Crippen molar-refractivity contribution in [2.45, 2.75) is 32.6 Å². The lowest BCUT2D eigenvalue weighted by Gasteiger charge is -2.08. The van der Waals surface area contributed by atoms with E-state index in [-0.39, 0.29) is 17.7 Å². The molecule has 0 aliphatic carbocycles. The van der Waals surface area contributed by atoms with E-state index >= 15 is 0 Å². The van der Waals surface area contributed by atoms with Crippen molar-refractivity contribution in [2.75, 3.05) is 17.2 Å². The summed E-state index contributed by atoms with van der Waals surface area (Å²) in [5.74, 6) is -0.261. The van der Waals surface area contributed by atoms with Crippen LogP contribution in [0.5, 0.6) is 0 Å². The van der Waals surface area contributed by atoms with Crippen LogP contribution in [-0.2, 0) is 9.59 Å². The van der Waals surface area contributed by atoms with E-state index in [4.69, 9.17) is 0 Å². The Bertz CT molecular complexity index is 744. The average Bonchev–Trinajstić information content (AvgIpc) is 3.13. The van der Waals surface area contributed by atoms with Crippen molar-refractivity contribution >= 4 is 40.4 Å². The maximum Gasteiger partial charge on any atom is 0.265 e. The van der Waals surface area contributed by atoms with Crippen molar-refractivity contribution in [3.63, 3.8) is 0 Å². The van der Waals surface area contributed by atoms with Gasteiger partial charge in [-0.05, 0) is 42.5 Å². The molecule has 0 unspecified atom stereocenters. The Labute approximate surface area is 157 Å². The highest BCUT2D eigenvalue weighted by atomic mass is 32.1. The number of unbranched alkanes of at least 4 members (excludes halogenated alkanes) is 2. The first-order valence-electron chi connectivity index (χ1n) is 8.54. The van der Waals surface area contributed by atoms with Gasteiger partial charge >= 0.3 is 0 Å². The number of hydrogen-bond donors (Lipinski definition) is 3. The van der Waals surface area contributed by atoms with Crippen LogP contribution < -0.4 is 16.0 Å². The van der Waals surface area contributed by atoms with Crippen molar-refractivity contribution < 1.29 is 14.4 Å². The number of hydrogen-bond acceptors (Lipinski definition) is 4. The molecular weight excluding hydrogens is 350 g/mol. The van der Waals surface area contributed by atoms with Gasteiger partial charge in [-0.3, -0.25) is 14.4 Å². The first-order chi connectivity index (χ1) is 12.5. The lowest BCUT2D eigenvalue weighted by molar-refractivity contribution is -0.119. The van der Waals surface area contributed by atoms with Crippen LogP contribution in [-0.4, -0.2) is 24.3 Å². The summed E-state index contributed by atoms with van der Waals surface area (Å²) in [6.07, 6.45) is 2.92. The third kappa shape index (κ3) is 7.06. The third-order valence-corrected chi connectivity index (χ3v) is 4.47. The summed E-state index contributed by atoms with van der Waals surface area (Å²) in [4.78, 5) is 35.5. The Morgan fingerprint density at radius 2 is 1.73 bits per heavy atom. The maximum atomic E-state index is 12.1. The van der Waals surface area contributed by atoms with E-state index in [1.807, 2.05) is 11.4 Å². The minimum absolute atomic E-state index is 0.0335. The van der Waals surface area contributed by atoms with Crippen LogP contribution >= 0.6 is 11.3 Å². The lowest BCUT2D eigenvalue weighted by Crippen LogP contribution is -2.20. The van der Waals surface area contributed by atoms with Crippen molar-refractivity contribution in [3.05, 3.63) is 46.7 Å². The second kappa shape index (κ2) is 10.4. The van der Waals surface area contributed by atoms with Gasteiger partial charge < -0.3 is 16.0 Å². The normalized spacial score (nSPS) is 10.2. The quantitative estimate of drug-likeness (QED) is 0.587. The Morgan fingerprint density at radius 3 is 2.42 bits per heavy atom. The number of thiophene rings is 1. The van der Waals surface area contributed by atoms with E-state index < -0.39 is 0 Å². The molecule has 2 aromatic rings. The van der Waals surface area contributed by atoms with Crippen molar-refractivity contribution in [2.24, 2.45) is 0 Å². The van der Waals surface area contributed by atoms with E-state index in [0.29, 0.717) is 29.2 Å². The molecule has 0 spiro atoms. The Balaban J connectivity index is 1.74. The molecule has 0 saturated carbocycles. The van der Waals surface area contributed by atoms with Crippen LogP contribution in [0.3, 0.4) is 0 Å². The van der Waals surface area contributed by atoms with E-state index in [1.165, 1.54) is 18.3 Å². The summed E-state index contributed by atoms with van der Waals surface area (Å²) in [5.41, 5.74) is 1.29. The number of benzene rings is 1. The zero-order chi connectivity index (χ0) is 18.8. The number of nitrogens with one attached hydrogen (secondary N) is 3. The predicted molar refractivity (Wildman–Crippen MR) is 104 cm³/mol. The van der Waals surface area contributed by atoms with E-state index in [1.54, 1.807) is 30.3 Å². The molecule has 26 heavy (non-hydrogen) atoms. The molecule has 0 saturated heterocycles. The topological polar surface area (TPSA) is 87.3 Å². The van der Waals surface area contributed by atoms with Crippen molar-refractivity contribution in [3.8, 4) is 0 Å². The molecule has 0 atom stereocenters. The lowest BCUT2D eigenvalue weighted by atomic mass is 10.2. The molecule has 2 rings (SSSR count). The number of anilines is 2. The SMILES string of the molecule is CC(=O)NCCCCCC(=O)Nc1cccc(NC(=O)c2cccs2)c1. The van der Waals surface area contributed by atoms with Gasteiger partial charge in [0.05, 0.1) is 4.88 Å². The van der Waals surface area contributed by atoms with Crippen LogP contribution in [0.25, 0.3) is 0 Å². The maximum absolute atomic E-state index is 12.1.